The van der Waals surface area contributed by atoms with Crippen LogP contribution in [0.1, 0.15) is 66.3 Å². The molecule has 38 heavy (non-hydrogen) atoms. The third-order valence-corrected chi connectivity index (χ3v) is 6.88. The van der Waals surface area contributed by atoms with Gasteiger partial charge in [-0.2, -0.15) is 0 Å². The Kier molecular flexibility index (Phi) is 7.99. The van der Waals surface area contributed by atoms with Crippen molar-refractivity contribution in [2.45, 2.75) is 52.4 Å². The van der Waals surface area contributed by atoms with Gasteiger partial charge in [0.25, 0.3) is 0 Å². The number of ketones is 1. The summed E-state index contributed by atoms with van der Waals surface area (Å²) in [7, 11) is 0. The molecular weight excluding hydrogens is 496 g/mol. The summed E-state index contributed by atoms with van der Waals surface area (Å²) >= 11 is 0. The Hall–Kier alpha value is -3.95. The lowest BCUT2D eigenvalue weighted by Gasteiger charge is -2.22. The van der Waals surface area contributed by atoms with Crippen LogP contribution in [0, 0.1) is 30.4 Å². The van der Waals surface area contributed by atoms with Crippen LogP contribution in [0.3, 0.4) is 0 Å². The van der Waals surface area contributed by atoms with Gasteiger partial charge in [-0.1, -0.05) is 19.1 Å². The number of nitrogens with zero attached hydrogens (tertiary/aromatic N) is 3. The number of aromatic nitrogens is 3. The highest BCUT2D eigenvalue weighted by Crippen LogP contribution is 2.48. The molecule has 2 N–H and O–H groups in total. The highest BCUT2D eigenvalue weighted by atomic mass is 19.1. The van der Waals surface area contributed by atoms with Gasteiger partial charge in [-0.05, 0) is 50.2 Å². The Morgan fingerprint density at radius 3 is 2.55 bits per heavy atom. The molecule has 0 bridgehead atoms. The number of aryl methyl sites for hydroxylation is 2. The Bertz CT molecular complexity index is 1380. The third-order valence-electron chi connectivity index (χ3n) is 6.88. The first-order chi connectivity index (χ1) is 18.1. The van der Waals surface area contributed by atoms with Crippen LogP contribution in [0.2, 0.25) is 0 Å². The average Bonchev–Trinajstić information content (AvgIpc) is 3.72. The number of ether oxygens (including phenoxy) is 1. The van der Waals surface area contributed by atoms with Crippen molar-refractivity contribution < 1.29 is 33.3 Å². The standard InChI is InChI=1S/C28H29F2N3O5/c1-4-38-23-11-19(20(29)12-31-23)26-15(3)33-21(13-32-26)22(34)10-8-17-7-9-18(25(30)27(17)35)24(16-5-6-16)14(2)28(36)37/h7,9,11-14,16,24,35H,4-6,8,10H2,1-3H3,(H,36,37)/t14-,24-/m0/s1. The predicted octanol–water partition coefficient (Wildman–Crippen LogP) is 5.26. The molecule has 0 spiro atoms. The van der Waals surface area contributed by atoms with Crippen molar-refractivity contribution in [2.24, 2.45) is 11.8 Å². The molecule has 2 heterocycles. The molecule has 2 aromatic heterocycles. The van der Waals surface area contributed by atoms with E-state index >= 15 is 4.39 Å². The van der Waals surface area contributed by atoms with E-state index < -0.39 is 35.2 Å². The summed E-state index contributed by atoms with van der Waals surface area (Å²) in [5.74, 6) is -4.42. The number of benzene rings is 1. The topological polar surface area (TPSA) is 122 Å². The number of Topliss-reactive ketones (excluding diaryl/α,β-unsaturated/α-hetero) is 1. The molecule has 2 atom stereocenters. The molecule has 1 fully saturated rings. The van der Waals surface area contributed by atoms with Crippen LogP contribution >= 0.6 is 0 Å². The van der Waals surface area contributed by atoms with Crippen molar-refractivity contribution in [1.29, 1.82) is 0 Å². The number of carboxylic acid groups (broad SMARTS) is 1. The van der Waals surface area contributed by atoms with E-state index in [2.05, 4.69) is 15.0 Å². The van der Waals surface area contributed by atoms with Crippen molar-refractivity contribution in [3.05, 3.63) is 64.7 Å². The van der Waals surface area contributed by atoms with Crippen LogP contribution in [0.15, 0.2) is 30.6 Å². The second-order valence-corrected chi connectivity index (χ2v) is 9.51. The summed E-state index contributed by atoms with van der Waals surface area (Å²) in [6, 6.07) is 4.46. The highest BCUT2D eigenvalue weighted by molar-refractivity contribution is 5.94. The second-order valence-electron chi connectivity index (χ2n) is 9.51. The zero-order chi connectivity index (χ0) is 27.6. The molecule has 8 nitrogen and oxygen atoms in total. The molecule has 1 aromatic carbocycles. The summed E-state index contributed by atoms with van der Waals surface area (Å²) in [6.45, 7) is 5.29. The smallest absolute Gasteiger partial charge is 0.306 e. The van der Waals surface area contributed by atoms with Crippen molar-refractivity contribution >= 4 is 11.8 Å². The van der Waals surface area contributed by atoms with E-state index in [4.69, 9.17) is 4.74 Å². The van der Waals surface area contributed by atoms with Crippen LogP contribution in [0.25, 0.3) is 11.3 Å². The molecule has 0 radical (unpaired) electrons. The number of pyridine rings is 1. The first-order valence-corrected chi connectivity index (χ1v) is 12.5. The lowest BCUT2D eigenvalue weighted by Crippen LogP contribution is -2.21. The number of hydrogen-bond acceptors (Lipinski definition) is 7. The Morgan fingerprint density at radius 2 is 1.92 bits per heavy atom. The van der Waals surface area contributed by atoms with Crippen molar-refractivity contribution in [1.82, 2.24) is 15.0 Å². The van der Waals surface area contributed by atoms with Gasteiger partial charge in [-0.25, -0.2) is 18.7 Å². The van der Waals surface area contributed by atoms with E-state index in [1.165, 1.54) is 24.4 Å². The number of aromatic hydroxyl groups is 1. The van der Waals surface area contributed by atoms with Crippen molar-refractivity contribution in [2.75, 3.05) is 6.61 Å². The van der Waals surface area contributed by atoms with E-state index in [1.807, 2.05) is 0 Å². The number of aliphatic carboxylic acids is 1. The summed E-state index contributed by atoms with van der Waals surface area (Å²) in [5.41, 5.74) is 1.21. The van der Waals surface area contributed by atoms with Gasteiger partial charge in [-0.3, -0.25) is 14.6 Å². The fourth-order valence-electron chi connectivity index (χ4n) is 4.70. The van der Waals surface area contributed by atoms with Gasteiger partial charge in [0.05, 0.1) is 36.3 Å². The van der Waals surface area contributed by atoms with Gasteiger partial charge in [0.2, 0.25) is 5.88 Å². The first-order valence-electron chi connectivity index (χ1n) is 12.5. The summed E-state index contributed by atoms with van der Waals surface area (Å²) in [6.07, 6.45) is 3.90. The van der Waals surface area contributed by atoms with Crippen LogP contribution < -0.4 is 4.74 Å². The van der Waals surface area contributed by atoms with Gasteiger partial charge in [0.15, 0.2) is 23.2 Å². The maximum Gasteiger partial charge on any atom is 0.306 e. The Labute approximate surface area is 218 Å². The molecule has 1 saturated carbocycles. The molecular formula is C28H29F2N3O5. The third kappa shape index (κ3) is 5.64. The van der Waals surface area contributed by atoms with E-state index in [0.717, 1.165) is 19.0 Å². The van der Waals surface area contributed by atoms with E-state index in [0.29, 0.717) is 12.3 Å². The predicted molar refractivity (Wildman–Crippen MR) is 134 cm³/mol. The Balaban J connectivity index is 1.49. The zero-order valence-electron chi connectivity index (χ0n) is 21.4. The minimum absolute atomic E-state index is 0.0453. The summed E-state index contributed by atoms with van der Waals surface area (Å²) < 4.78 is 34.9. The molecule has 0 amide bonds. The van der Waals surface area contributed by atoms with Crippen LogP contribution in [-0.4, -0.2) is 43.5 Å². The summed E-state index contributed by atoms with van der Waals surface area (Å²) in [5, 5.41) is 20.0. The molecule has 10 heteroatoms. The largest absolute Gasteiger partial charge is 0.505 e. The number of phenolic OH excluding ortho intramolecular Hbond substituents is 1. The number of rotatable bonds is 11. The molecule has 0 aliphatic heterocycles. The monoisotopic (exact) mass is 525 g/mol. The number of phenols is 1. The van der Waals surface area contributed by atoms with Gasteiger partial charge in [-0.15, -0.1) is 0 Å². The van der Waals surface area contributed by atoms with Crippen molar-refractivity contribution in [3.63, 3.8) is 0 Å². The Morgan fingerprint density at radius 1 is 1.18 bits per heavy atom. The molecule has 200 valence electrons. The zero-order valence-corrected chi connectivity index (χ0v) is 21.4. The van der Waals surface area contributed by atoms with Crippen LogP contribution in [0.4, 0.5) is 8.78 Å². The van der Waals surface area contributed by atoms with Crippen LogP contribution in [-0.2, 0) is 11.2 Å². The minimum atomic E-state index is -1.01. The number of hydrogen-bond donors (Lipinski definition) is 2. The number of carbonyl (C=O) groups is 2. The normalized spacial score (nSPS) is 14.7. The number of carbonyl (C=O) groups excluding carboxylic acids is 1. The van der Waals surface area contributed by atoms with E-state index in [1.54, 1.807) is 20.8 Å². The fourth-order valence-corrected chi connectivity index (χ4v) is 4.70. The molecule has 0 saturated heterocycles. The highest BCUT2D eigenvalue weighted by Gasteiger charge is 2.40. The second kappa shape index (κ2) is 11.2. The van der Waals surface area contributed by atoms with Gasteiger partial charge >= 0.3 is 5.97 Å². The molecule has 1 aliphatic rings. The maximum absolute atomic E-state index is 15.1. The number of carboxylic acids is 1. The molecule has 4 rings (SSSR count). The SMILES string of the molecule is CCOc1cc(-c2ncc(C(=O)CCc3ccc([C@H](C4CC4)[C@H](C)C(=O)O)c(F)c3O)nc2C)c(F)cn1. The minimum Gasteiger partial charge on any atom is -0.505 e. The first kappa shape index (κ1) is 27.1. The quantitative estimate of drug-likeness (QED) is 0.325. The molecule has 0 unspecified atom stereocenters. The van der Waals surface area contributed by atoms with E-state index in [-0.39, 0.29) is 58.5 Å². The maximum atomic E-state index is 15.1. The van der Waals surface area contributed by atoms with E-state index in [9.17, 15) is 24.2 Å². The lowest BCUT2D eigenvalue weighted by molar-refractivity contribution is -0.142. The van der Waals surface area contributed by atoms with Crippen molar-refractivity contribution in [3.8, 4) is 22.9 Å². The molecule has 3 aromatic rings. The van der Waals surface area contributed by atoms with Gasteiger partial charge in [0.1, 0.15) is 5.69 Å². The average molecular weight is 526 g/mol. The number of halogens is 2. The van der Waals surface area contributed by atoms with Gasteiger partial charge < -0.3 is 14.9 Å². The van der Waals surface area contributed by atoms with Crippen LogP contribution in [0.5, 0.6) is 11.6 Å². The van der Waals surface area contributed by atoms with Gasteiger partial charge in [0, 0.05) is 24.0 Å². The fraction of sp³-hybridized carbons (Fsp3) is 0.393. The lowest BCUT2D eigenvalue weighted by atomic mass is 9.82. The summed E-state index contributed by atoms with van der Waals surface area (Å²) in [4.78, 5) is 36.7. The molecule has 1 aliphatic carbocycles.